The van der Waals surface area contributed by atoms with Crippen molar-refractivity contribution in [3.63, 3.8) is 0 Å². The zero-order chi connectivity index (χ0) is 17.7. The molecular weight excluding hydrogens is 362 g/mol. The number of halogens is 1. The van der Waals surface area contributed by atoms with Crippen molar-refractivity contribution in [1.29, 1.82) is 0 Å². The molecule has 2 heterocycles. The molecule has 0 spiro atoms. The number of carbonyl (C=O) groups is 1. The molecular formula is C17H22ClN3O5. The summed E-state index contributed by atoms with van der Waals surface area (Å²) in [6, 6.07) is 6.72. The van der Waals surface area contributed by atoms with Gasteiger partial charge < -0.3 is 24.5 Å². The van der Waals surface area contributed by atoms with Crippen LogP contribution in [-0.4, -0.2) is 43.0 Å². The number of esters is 1. The van der Waals surface area contributed by atoms with Gasteiger partial charge in [0.2, 0.25) is 11.7 Å². The first-order valence-corrected chi connectivity index (χ1v) is 8.09. The van der Waals surface area contributed by atoms with Crippen molar-refractivity contribution in [3.05, 3.63) is 41.5 Å². The minimum absolute atomic E-state index is 0. The fourth-order valence-corrected chi connectivity index (χ4v) is 2.77. The molecule has 1 saturated heterocycles. The maximum atomic E-state index is 11.5. The van der Waals surface area contributed by atoms with Gasteiger partial charge >= 0.3 is 5.97 Å². The first-order chi connectivity index (χ1) is 12.2. The van der Waals surface area contributed by atoms with Crippen molar-refractivity contribution in [2.24, 2.45) is 5.73 Å². The predicted octanol–water partition coefficient (Wildman–Crippen LogP) is 1.86. The summed E-state index contributed by atoms with van der Waals surface area (Å²) >= 11 is 0. The number of hydrogen-bond acceptors (Lipinski definition) is 8. The summed E-state index contributed by atoms with van der Waals surface area (Å²) < 4.78 is 21.1. The molecule has 26 heavy (non-hydrogen) atoms. The minimum Gasteiger partial charge on any atom is -0.485 e. The van der Waals surface area contributed by atoms with E-state index in [1.807, 2.05) is 0 Å². The van der Waals surface area contributed by atoms with Gasteiger partial charge in [0.25, 0.3) is 0 Å². The van der Waals surface area contributed by atoms with Crippen LogP contribution >= 0.6 is 12.4 Å². The lowest BCUT2D eigenvalue weighted by atomic mass is 9.80. The summed E-state index contributed by atoms with van der Waals surface area (Å²) in [6.45, 7) is 1.82. The van der Waals surface area contributed by atoms with Crippen molar-refractivity contribution in [2.45, 2.75) is 24.9 Å². The van der Waals surface area contributed by atoms with Crippen LogP contribution in [0.5, 0.6) is 5.75 Å². The SMILES string of the molecule is COC(=O)c1cccc(OCc2noc(C3(CN)CCOCC3)n2)c1.Cl. The van der Waals surface area contributed by atoms with Crippen molar-refractivity contribution in [1.82, 2.24) is 10.1 Å². The van der Waals surface area contributed by atoms with E-state index in [2.05, 4.69) is 10.1 Å². The Labute approximate surface area is 157 Å². The van der Waals surface area contributed by atoms with Gasteiger partial charge in [-0.15, -0.1) is 12.4 Å². The van der Waals surface area contributed by atoms with Crippen molar-refractivity contribution < 1.29 is 23.5 Å². The van der Waals surface area contributed by atoms with Crippen molar-refractivity contribution >= 4 is 18.4 Å². The maximum Gasteiger partial charge on any atom is 0.337 e. The smallest absolute Gasteiger partial charge is 0.337 e. The second-order valence-electron chi connectivity index (χ2n) is 5.92. The number of nitrogens with zero attached hydrogens (tertiary/aromatic N) is 2. The lowest BCUT2D eigenvalue weighted by molar-refractivity contribution is 0.0408. The highest BCUT2D eigenvalue weighted by atomic mass is 35.5. The number of aromatic nitrogens is 2. The molecule has 1 aromatic heterocycles. The Hall–Kier alpha value is -2.16. The number of ether oxygens (including phenoxy) is 3. The normalized spacial score (nSPS) is 15.8. The number of rotatable bonds is 6. The fraction of sp³-hybridized carbons (Fsp3) is 0.471. The van der Waals surface area contributed by atoms with Crippen LogP contribution in [0.4, 0.5) is 0 Å². The standard InChI is InChI=1S/C17H21N3O5.ClH/c1-22-15(21)12-3-2-4-13(9-12)24-10-14-19-16(25-20-14)17(11-18)5-7-23-8-6-17;/h2-4,9H,5-8,10-11,18H2,1H3;1H. The Morgan fingerprint density at radius 1 is 1.35 bits per heavy atom. The summed E-state index contributed by atoms with van der Waals surface area (Å²) in [5.41, 5.74) is 6.03. The zero-order valence-corrected chi connectivity index (χ0v) is 15.3. The molecule has 2 N–H and O–H groups in total. The average Bonchev–Trinajstić information content (AvgIpc) is 3.16. The molecule has 1 fully saturated rings. The Balaban J connectivity index is 0.00000243. The first kappa shape index (κ1) is 20.2. The third-order valence-electron chi connectivity index (χ3n) is 4.39. The number of benzene rings is 1. The molecule has 0 aliphatic carbocycles. The molecule has 142 valence electrons. The quantitative estimate of drug-likeness (QED) is 0.752. The van der Waals surface area contributed by atoms with Gasteiger partial charge in [0, 0.05) is 19.8 Å². The molecule has 0 unspecified atom stereocenters. The van der Waals surface area contributed by atoms with Gasteiger partial charge in [0.05, 0.1) is 18.1 Å². The summed E-state index contributed by atoms with van der Waals surface area (Å²) in [7, 11) is 1.33. The van der Waals surface area contributed by atoms with E-state index < -0.39 is 5.97 Å². The van der Waals surface area contributed by atoms with E-state index >= 15 is 0 Å². The number of hydrogen-bond donors (Lipinski definition) is 1. The Kier molecular flexibility index (Phi) is 6.96. The van der Waals surface area contributed by atoms with E-state index in [0.29, 0.717) is 42.8 Å². The summed E-state index contributed by atoms with van der Waals surface area (Å²) in [4.78, 5) is 16.0. The molecule has 0 radical (unpaired) electrons. The van der Waals surface area contributed by atoms with E-state index in [4.69, 9.17) is 24.5 Å². The average molecular weight is 384 g/mol. The van der Waals surface area contributed by atoms with Gasteiger partial charge in [0.15, 0.2) is 6.61 Å². The van der Waals surface area contributed by atoms with Crippen LogP contribution < -0.4 is 10.5 Å². The Morgan fingerprint density at radius 2 is 2.12 bits per heavy atom. The van der Waals surface area contributed by atoms with Gasteiger partial charge in [-0.05, 0) is 31.0 Å². The van der Waals surface area contributed by atoms with Crippen molar-refractivity contribution in [2.75, 3.05) is 26.9 Å². The monoisotopic (exact) mass is 383 g/mol. The first-order valence-electron chi connectivity index (χ1n) is 8.09. The molecule has 1 aliphatic heterocycles. The van der Waals surface area contributed by atoms with E-state index in [-0.39, 0.29) is 24.4 Å². The highest BCUT2D eigenvalue weighted by Crippen LogP contribution is 2.32. The van der Waals surface area contributed by atoms with Gasteiger partial charge in [-0.25, -0.2) is 4.79 Å². The third-order valence-corrected chi connectivity index (χ3v) is 4.39. The molecule has 2 aromatic rings. The highest BCUT2D eigenvalue weighted by molar-refractivity contribution is 5.89. The van der Waals surface area contributed by atoms with E-state index in [0.717, 1.165) is 12.8 Å². The highest BCUT2D eigenvalue weighted by Gasteiger charge is 2.38. The maximum absolute atomic E-state index is 11.5. The molecule has 0 amide bonds. The van der Waals surface area contributed by atoms with E-state index in [9.17, 15) is 4.79 Å². The molecule has 1 aromatic carbocycles. The minimum atomic E-state index is -0.420. The molecule has 0 atom stereocenters. The number of methoxy groups -OCH3 is 1. The fourth-order valence-electron chi connectivity index (χ4n) is 2.77. The molecule has 0 bridgehead atoms. The van der Waals surface area contributed by atoms with Crippen LogP contribution in [0.1, 0.15) is 34.9 Å². The summed E-state index contributed by atoms with van der Waals surface area (Å²) in [5.74, 6) is 1.06. The molecule has 9 heteroatoms. The molecule has 0 saturated carbocycles. The van der Waals surface area contributed by atoms with Crippen LogP contribution in [0, 0.1) is 0 Å². The van der Waals surface area contributed by atoms with Gasteiger partial charge in [-0.3, -0.25) is 0 Å². The van der Waals surface area contributed by atoms with Crippen LogP contribution in [0.2, 0.25) is 0 Å². The largest absolute Gasteiger partial charge is 0.485 e. The van der Waals surface area contributed by atoms with Crippen LogP contribution in [0.25, 0.3) is 0 Å². The molecule has 8 nitrogen and oxygen atoms in total. The third kappa shape index (κ3) is 4.32. The number of nitrogens with two attached hydrogens (primary N) is 1. The van der Waals surface area contributed by atoms with Crippen LogP contribution in [0.3, 0.4) is 0 Å². The zero-order valence-electron chi connectivity index (χ0n) is 14.5. The second-order valence-corrected chi connectivity index (χ2v) is 5.92. The molecule has 3 rings (SSSR count). The van der Waals surface area contributed by atoms with E-state index in [1.54, 1.807) is 24.3 Å². The summed E-state index contributed by atoms with van der Waals surface area (Å²) in [5, 5.41) is 3.97. The lowest BCUT2D eigenvalue weighted by Gasteiger charge is -2.32. The van der Waals surface area contributed by atoms with Crippen molar-refractivity contribution in [3.8, 4) is 5.75 Å². The summed E-state index contributed by atoms with van der Waals surface area (Å²) in [6.07, 6.45) is 1.51. The predicted molar refractivity (Wildman–Crippen MR) is 94.4 cm³/mol. The van der Waals surface area contributed by atoms with Gasteiger partial charge in [0.1, 0.15) is 5.75 Å². The van der Waals surface area contributed by atoms with Gasteiger partial charge in [-0.2, -0.15) is 4.98 Å². The molecule has 1 aliphatic rings. The van der Waals surface area contributed by atoms with Crippen LogP contribution in [0.15, 0.2) is 28.8 Å². The lowest BCUT2D eigenvalue weighted by Crippen LogP contribution is -2.40. The number of carbonyl (C=O) groups excluding carboxylic acids is 1. The van der Waals surface area contributed by atoms with Crippen LogP contribution in [-0.2, 0) is 21.5 Å². The second kappa shape index (κ2) is 8.98. The Morgan fingerprint density at radius 3 is 2.81 bits per heavy atom. The Bertz CT molecular complexity index is 731. The van der Waals surface area contributed by atoms with E-state index in [1.165, 1.54) is 7.11 Å². The van der Waals surface area contributed by atoms with Gasteiger partial charge in [-0.1, -0.05) is 11.2 Å². The topological polar surface area (TPSA) is 110 Å².